The molecule has 37 heavy (non-hydrogen) atoms. The number of rotatable bonds is 5. The van der Waals surface area contributed by atoms with Crippen molar-refractivity contribution in [2.24, 2.45) is 17.8 Å². The van der Waals surface area contributed by atoms with Crippen LogP contribution >= 0.6 is 0 Å². The number of fused-ring (bicyclic) bond motifs is 1. The minimum absolute atomic E-state index is 0.0604. The van der Waals surface area contributed by atoms with E-state index in [-0.39, 0.29) is 30.1 Å². The van der Waals surface area contributed by atoms with Gasteiger partial charge in [0.25, 0.3) is 5.91 Å². The Kier molecular flexibility index (Phi) is 10.3. The third-order valence-corrected chi connectivity index (χ3v) is 7.87. The molecule has 0 aromatic carbocycles. The van der Waals surface area contributed by atoms with Gasteiger partial charge in [-0.1, -0.05) is 47.1 Å². The molecular formula is C27H44N4O6. The summed E-state index contributed by atoms with van der Waals surface area (Å²) in [6.07, 6.45) is 1.57. The monoisotopic (exact) mass is 520 g/mol. The molecule has 2 aliphatic rings. The van der Waals surface area contributed by atoms with Gasteiger partial charge in [-0.15, -0.1) is 6.58 Å². The maximum absolute atomic E-state index is 13.8. The Morgan fingerprint density at radius 2 is 1.65 bits per heavy atom. The maximum Gasteiger partial charge on any atom is 0.329 e. The third kappa shape index (κ3) is 6.33. The number of ether oxygens (including phenoxy) is 1. The maximum atomic E-state index is 13.8. The van der Waals surface area contributed by atoms with E-state index in [2.05, 4.69) is 11.9 Å². The Hall–Kier alpha value is -2.91. The Morgan fingerprint density at radius 3 is 2.19 bits per heavy atom. The Morgan fingerprint density at radius 1 is 1.03 bits per heavy atom. The third-order valence-electron chi connectivity index (χ3n) is 7.87. The molecule has 2 saturated heterocycles. The fourth-order valence-corrected chi connectivity index (χ4v) is 5.16. The van der Waals surface area contributed by atoms with Crippen LogP contribution in [0.25, 0.3) is 0 Å². The van der Waals surface area contributed by atoms with Crippen LogP contribution in [0.5, 0.6) is 0 Å². The summed E-state index contributed by atoms with van der Waals surface area (Å²) >= 11 is 0. The lowest BCUT2D eigenvalue weighted by molar-refractivity contribution is -0.167. The van der Waals surface area contributed by atoms with Crippen molar-refractivity contribution in [1.29, 1.82) is 0 Å². The molecule has 0 radical (unpaired) electrons. The second-order valence-corrected chi connectivity index (χ2v) is 10.8. The zero-order valence-corrected chi connectivity index (χ0v) is 23.5. The van der Waals surface area contributed by atoms with Gasteiger partial charge in [0.15, 0.2) is 6.10 Å². The van der Waals surface area contributed by atoms with Gasteiger partial charge in [-0.25, -0.2) is 4.79 Å². The first kappa shape index (κ1) is 30.3. The van der Waals surface area contributed by atoms with Gasteiger partial charge in [0, 0.05) is 27.1 Å². The van der Waals surface area contributed by atoms with E-state index < -0.39 is 54.0 Å². The number of hydrogen-bond acceptors (Lipinski definition) is 6. The summed E-state index contributed by atoms with van der Waals surface area (Å²) in [6.45, 7) is 14.9. The average Bonchev–Trinajstić information content (AvgIpc) is 3.24. The van der Waals surface area contributed by atoms with Crippen LogP contribution in [-0.2, 0) is 28.7 Å². The van der Waals surface area contributed by atoms with E-state index in [1.807, 2.05) is 34.6 Å². The Bertz CT molecular complexity index is 905. The molecule has 0 aromatic heterocycles. The van der Waals surface area contributed by atoms with Crippen LogP contribution in [0.4, 0.5) is 0 Å². The number of cyclic esters (lactones) is 1. The van der Waals surface area contributed by atoms with E-state index >= 15 is 0 Å². The van der Waals surface area contributed by atoms with Gasteiger partial charge >= 0.3 is 5.97 Å². The average molecular weight is 521 g/mol. The van der Waals surface area contributed by atoms with Crippen LogP contribution in [-0.4, -0.2) is 95.2 Å². The van der Waals surface area contributed by atoms with Gasteiger partial charge in [0.2, 0.25) is 17.7 Å². The first-order valence-corrected chi connectivity index (χ1v) is 13.2. The molecule has 4 amide bonds. The molecule has 2 fully saturated rings. The number of amides is 4. The van der Waals surface area contributed by atoms with E-state index in [0.717, 1.165) is 0 Å². The number of nitrogens with zero attached hydrogens (tertiary/aromatic N) is 3. The summed E-state index contributed by atoms with van der Waals surface area (Å²) in [5.41, 5.74) is 0. The van der Waals surface area contributed by atoms with E-state index in [1.54, 1.807) is 6.92 Å². The van der Waals surface area contributed by atoms with Gasteiger partial charge in [0.05, 0.1) is 0 Å². The highest BCUT2D eigenvalue weighted by Gasteiger charge is 2.46. The lowest BCUT2D eigenvalue weighted by Crippen LogP contribution is -2.60. The van der Waals surface area contributed by atoms with Crippen LogP contribution < -0.4 is 5.32 Å². The zero-order valence-electron chi connectivity index (χ0n) is 23.5. The molecule has 2 rings (SSSR count). The summed E-state index contributed by atoms with van der Waals surface area (Å²) in [5, 5.41) is 2.91. The molecule has 0 bridgehead atoms. The van der Waals surface area contributed by atoms with Crippen LogP contribution in [0, 0.1) is 17.8 Å². The summed E-state index contributed by atoms with van der Waals surface area (Å²) in [4.78, 5) is 71.6. The van der Waals surface area contributed by atoms with Crippen molar-refractivity contribution >= 4 is 29.6 Å². The fourth-order valence-electron chi connectivity index (χ4n) is 5.16. The molecule has 2 unspecified atom stereocenters. The molecule has 10 nitrogen and oxygen atoms in total. The van der Waals surface area contributed by atoms with Crippen molar-refractivity contribution in [3.63, 3.8) is 0 Å². The molecule has 2 aliphatic heterocycles. The molecule has 0 aliphatic carbocycles. The molecular weight excluding hydrogens is 476 g/mol. The minimum Gasteiger partial charge on any atom is -0.450 e. The number of carbonyl (C=O) groups excluding carboxylic acids is 5. The number of likely N-dealkylation sites (N-methyl/N-ethyl adjacent to an activating group) is 2. The quantitative estimate of drug-likeness (QED) is 0.435. The van der Waals surface area contributed by atoms with Crippen LogP contribution in [0.15, 0.2) is 12.7 Å². The van der Waals surface area contributed by atoms with Gasteiger partial charge in [-0.2, -0.15) is 0 Å². The molecule has 7 atom stereocenters. The highest BCUT2D eigenvalue weighted by atomic mass is 16.6. The van der Waals surface area contributed by atoms with Crippen molar-refractivity contribution in [1.82, 2.24) is 20.0 Å². The van der Waals surface area contributed by atoms with Crippen molar-refractivity contribution in [3.05, 3.63) is 12.7 Å². The van der Waals surface area contributed by atoms with Crippen molar-refractivity contribution < 1.29 is 28.7 Å². The largest absolute Gasteiger partial charge is 0.450 e. The van der Waals surface area contributed by atoms with Gasteiger partial charge in [-0.3, -0.25) is 19.2 Å². The summed E-state index contributed by atoms with van der Waals surface area (Å²) < 4.78 is 5.69. The van der Waals surface area contributed by atoms with Crippen molar-refractivity contribution in [2.45, 2.75) is 91.1 Å². The van der Waals surface area contributed by atoms with E-state index in [1.165, 1.54) is 34.9 Å². The number of nitrogens with one attached hydrogen (secondary N) is 1. The predicted molar refractivity (Wildman–Crippen MR) is 139 cm³/mol. The first-order chi connectivity index (χ1) is 17.3. The van der Waals surface area contributed by atoms with E-state index in [0.29, 0.717) is 19.4 Å². The zero-order chi connectivity index (χ0) is 28.2. The Labute approximate surface area is 220 Å². The minimum atomic E-state index is -1.18. The van der Waals surface area contributed by atoms with Crippen LogP contribution in [0.3, 0.4) is 0 Å². The van der Waals surface area contributed by atoms with Crippen molar-refractivity contribution in [2.75, 3.05) is 20.6 Å². The number of hydrogen-bond donors (Lipinski definition) is 1. The molecule has 10 heteroatoms. The van der Waals surface area contributed by atoms with E-state index in [4.69, 9.17) is 4.74 Å². The number of carbonyl (C=O) groups is 5. The topological polar surface area (TPSA) is 116 Å². The molecule has 1 N–H and O–H groups in total. The second-order valence-electron chi connectivity index (χ2n) is 10.8. The highest BCUT2D eigenvalue weighted by Crippen LogP contribution is 2.28. The summed E-state index contributed by atoms with van der Waals surface area (Å²) in [5.74, 6) is -3.14. The molecule has 208 valence electrons. The molecule has 0 saturated carbocycles. The molecule has 0 spiro atoms. The SMILES string of the molecule is C=CCC1OC(=O)[C@@H]2C(C)CCN2C(=O)[C@H]([C@@H](C)CC)NC(=O)[C@H](C(C)C)N(C)C(=O)[C@H](C)N(C)C1=O. The van der Waals surface area contributed by atoms with Crippen molar-refractivity contribution in [3.8, 4) is 0 Å². The summed E-state index contributed by atoms with van der Waals surface area (Å²) in [6, 6.07) is -3.54. The first-order valence-electron chi connectivity index (χ1n) is 13.2. The van der Waals surface area contributed by atoms with Crippen LogP contribution in [0.2, 0.25) is 0 Å². The lowest BCUT2D eigenvalue weighted by atomic mass is 9.95. The van der Waals surface area contributed by atoms with Gasteiger partial charge in [0.1, 0.15) is 24.2 Å². The number of esters is 1. The normalized spacial score (nSPS) is 31.5. The summed E-state index contributed by atoms with van der Waals surface area (Å²) in [7, 11) is 3.00. The van der Waals surface area contributed by atoms with Gasteiger partial charge < -0.3 is 24.8 Å². The predicted octanol–water partition coefficient (Wildman–Crippen LogP) is 1.59. The fraction of sp³-hybridized carbons (Fsp3) is 0.741. The highest BCUT2D eigenvalue weighted by molar-refractivity contribution is 5.96. The lowest BCUT2D eigenvalue weighted by Gasteiger charge is -2.36. The Balaban J connectivity index is 2.64. The van der Waals surface area contributed by atoms with E-state index in [9.17, 15) is 24.0 Å². The second kappa shape index (κ2) is 12.6. The molecule has 2 heterocycles. The molecule has 0 aromatic rings. The van der Waals surface area contributed by atoms with Crippen LogP contribution in [0.1, 0.15) is 60.8 Å². The standard InChI is InChI=1S/C27H44N4O6/c1-10-12-19-25(34)29(8)18(7)24(33)30(9)21(15(3)4)23(32)28-20(16(5)11-2)26(35)31-14-13-17(6)22(31)27(36)37-19/h10,15-22H,1,11-14H2,2-9H3,(H,28,32)/t16-,17?,18-,19?,20-,21-,22-/m0/s1. The smallest absolute Gasteiger partial charge is 0.329 e. The van der Waals surface area contributed by atoms with Gasteiger partial charge in [-0.05, 0) is 31.1 Å².